The van der Waals surface area contributed by atoms with Crippen molar-refractivity contribution in [3.05, 3.63) is 59.2 Å². The lowest BCUT2D eigenvalue weighted by molar-refractivity contribution is 0.0438. The van der Waals surface area contributed by atoms with Crippen LogP contribution >= 0.6 is 0 Å². The van der Waals surface area contributed by atoms with Crippen molar-refractivity contribution in [2.24, 2.45) is 0 Å². The molecule has 0 spiro atoms. The molecule has 0 radical (unpaired) electrons. The van der Waals surface area contributed by atoms with Crippen LogP contribution in [0.15, 0.2) is 42.5 Å². The van der Waals surface area contributed by atoms with E-state index in [0.29, 0.717) is 75.8 Å². The molecule has 0 atom stereocenters. The summed E-state index contributed by atoms with van der Waals surface area (Å²) in [4.78, 5) is 47.8. The molecule has 2 aromatic rings. The Hall–Kier alpha value is -3.63. The van der Waals surface area contributed by atoms with E-state index in [1.165, 1.54) is 0 Å². The highest BCUT2D eigenvalue weighted by atomic mass is 16.5. The van der Waals surface area contributed by atoms with Gasteiger partial charge in [0.05, 0.1) is 24.6 Å². The fourth-order valence-corrected chi connectivity index (χ4v) is 5.72. The van der Waals surface area contributed by atoms with Gasteiger partial charge in [-0.15, -0.1) is 0 Å². The number of nitrogens with one attached hydrogen (secondary N) is 2. The third-order valence-electron chi connectivity index (χ3n) is 8.30. The molecule has 0 aromatic heterocycles. The number of piperazine rings is 1. The van der Waals surface area contributed by atoms with Gasteiger partial charge in [0.1, 0.15) is 0 Å². The van der Waals surface area contributed by atoms with Gasteiger partial charge in [0.25, 0.3) is 11.8 Å². The molecular formula is C32H44N6O4. The minimum Gasteiger partial charge on any atom is -0.378 e. The molecule has 10 heteroatoms. The van der Waals surface area contributed by atoms with E-state index in [2.05, 4.69) is 36.3 Å². The van der Waals surface area contributed by atoms with Crippen LogP contribution in [0.4, 0.5) is 16.2 Å². The van der Waals surface area contributed by atoms with Crippen LogP contribution in [0.3, 0.4) is 0 Å². The van der Waals surface area contributed by atoms with E-state index in [-0.39, 0.29) is 23.3 Å². The summed E-state index contributed by atoms with van der Waals surface area (Å²) in [7, 11) is 0. The van der Waals surface area contributed by atoms with Gasteiger partial charge >= 0.3 is 6.03 Å². The fraction of sp³-hybridized carbons (Fsp3) is 0.531. The first-order chi connectivity index (χ1) is 20.2. The van der Waals surface area contributed by atoms with Crippen molar-refractivity contribution in [1.82, 2.24) is 20.0 Å². The lowest BCUT2D eigenvalue weighted by Crippen LogP contribution is -2.49. The SMILES string of the molecule is CC(C)(C)c1ccc(C(=O)Nc2cc(C(=O)N3CCNCC3)ccc2N2CCCN(C(=O)N3CCOCC3)CC2)cc1. The minimum atomic E-state index is -0.220. The van der Waals surface area contributed by atoms with Crippen LogP contribution in [0, 0.1) is 0 Å². The molecule has 3 aliphatic heterocycles. The van der Waals surface area contributed by atoms with Crippen molar-refractivity contribution in [3.63, 3.8) is 0 Å². The van der Waals surface area contributed by atoms with Crippen molar-refractivity contribution < 1.29 is 19.1 Å². The molecule has 2 aromatic carbocycles. The lowest BCUT2D eigenvalue weighted by atomic mass is 9.86. The van der Waals surface area contributed by atoms with Gasteiger partial charge in [-0.25, -0.2) is 4.79 Å². The zero-order valence-electron chi connectivity index (χ0n) is 25.2. The van der Waals surface area contributed by atoms with Crippen molar-refractivity contribution >= 4 is 29.2 Å². The van der Waals surface area contributed by atoms with E-state index in [9.17, 15) is 14.4 Å². The summed E-state index contributed by atoms with van der Waals surface area (Å²) < 4.78 is 5.41. The molecule has 0 saturated carbocycles. The van der Waals surface area contributed by atoms with E-state index in [4.69, 9.17) is 4.74 Å². The summed E-state index contributed by atoms with van der Waals surface area (Å²) in [5.41, 5.74) is 3.72. The van der Waals surface area contributed by atoms with Crippen LogP contribution in [-0.2, 0) is 10.2 Å². The average Bonchev–Trinajstić information content (AvgIpc) is 3.27. The number of rotatable bonds is 4. The predicted octanol–water partition coefficient (Wildman–Crippen LogP) is 3.25. The van der Waals surface area contributed by atoms with Gasteiger partial charge in [0, 0.05) is 76.6 Å². The molecule has 3 fully saturated rings. The summed E-state index contributed by atoms with van der Waals surface area (Å²) in [5.74, 6) is -0.256. The van der Waals surface area contributed by atoms with Crippen molar-refractivity contribution in [1.29, 1.82) is 0 Å². The lowest BCUT2D eigenvalue weighted by Gasteiger charge is -2.32. The monoisotopic (exact) mass is 576 g/mol. The fourth-order valence-electron chi connectivity index (χ4n) is 5.72. The summed E-state index contributed by atoms with van der Waals surface area (Å²) in [6.45, 7) is 14.3. The van der Waals surface area contributed by atoms with Crippen LogP contribution < -0.4 is 15.5 Å². The van der Waals surface area contributed by atoms with Crippen LogP contribution in [-0.4, -0.2) is 111 Å². The number of ether oxygens (including phenoxy) is 1. The van der Waals surface area contributed by atoms with Crippen LogP contribution in [0.25, 0.3) is 0 Å². The molecule has 42 heavy (non-hydrogen) atoms. The molecule has 2 N–H and O–H groups in total. The van der Waals surface area contributed by atoms with Gasteiger partial charge in [-0.05, 0) is 47.7 Å². The Bertz CT molecular complexity index is 1260. The molecule has 226 valence electrons. The Morgan fingerprint density at radius 1 is 0.762 bits per heavy atom. The maximum absolute atomic E-state index is 13.5. The largest absolute Gasteiger partial charge is 0.378 e. The topological polar surface area (TPSA) is 97.5 Å². The first-order valence-electron chi connectivity index (χ1n) is 15.1. The van der Waals surface area contributed by atoms with Gasteiger partial charge in [-0.1, -0.05) is 32.9 Å². The van der Waals surface area contributed by atoms with Crippen molar-refractivity contribution in [3.8, 4) is 0 Å². The average molecular weight is 577 g/mol. The van der Waals surface area contributed by atoms with Crippen molar-refractivity contribution in [2.45, 2.75) is 32.6 Å². The minimum absolute atomic E-state index is 0.00927. The summed E-state index contributed by atoms with van der Waals surface area (Å²) in [5, 5.41) is 6.41. The van der Waals surface area contributed by atoms with E-state index >= 15 is 0 Å². The number of amides is 4. The molecule has 3 heterocycles. The maximum atomic E-state index is 13.5. The van der Waals surface area contributed by atoms with Crippen molar-refractivity contribution in [2.75, 3.05) is 88.9 Å². The summed E-state index contributed by atoms with van der Waals surface area (Å²) in [6, 6.07) is 13.4. The quantitative estimate of drug-likeness (QED) is 0.580. The molecular weight excluding hydrogens is 532 g/mol. The van der Waals surface area contributed by atoms with E-state index < -0.39 is 0 Å². The molecule has 0 bridgehead atoms. The number of carbonyl (C=O) groups is 3. The van der Waals surface area contributed by atoms with Gasteiger partial charge in [0.2, 0.25) is 0 Å². The number of hydrogen-bond donors (Lipinski definition) is 2. The van der Waals surface area contributed by atoms with Crippen LogP contribution in [0.2, 0.25) is 0 Å². The molecule has 10 nitrogen and oxygen atoms in total. The van der Waals surface area contributed by atoms with Gasteiger partial charge in [0.15, 0.2) is 0 Å². The molecule has 3 saturated heterocycles. The predicted molar refractivity (Wildman–Crippen MR) is 165 cm³/mol. The smallest absolute Gasteiger partial charge is 0.320 e. The number of anilines is 2. The Balaban J connectivity index is 1.37. The summed E-state index contributed by atoms with van der Waals surface area (Å²) >= 11 is 0. The zero-order chi connectivity index (χ0) is 29.7. The van der Waals surface area contributed by atoms with Gasteiger partial charge < -0.3 is 35.0 Å². The number of carbonyl (C=O) groups excluding carboxylic acids is 3. The number of hydrogen-bond acceptors (Lipinski definition) is 6. The Morgan fingerprint density at radius 3 is 2.12 bits per heavy atom. The van der Waals surface area contributed by atoms with Gasteiger partial charge in [-0.3, -0.25) is 9.59 Å². The first kappa shape index (κ1) is 29.8. The highest BCUT2D eigenvalue weighted by Crippen LogP contribution is 2.30. The third-order valence-corrected chi connectivity index (χ3v) is 8.30. The third kappa shape index (κ3) is 7.04. The molecule has 5 rings (SSSR count). The van der Waals surface area contributed by atoms with E-state index in [1.54, 1.807) is 0 Å². The summed E-state index contributed by atoms with van der Waals surface area (Å²) in [6.07, 6.45) is 0.805. The molecule has 0 aliphatic carbocycles. The first-order valence-corrected chi connectivity index (χ1v) is 15.1. The maximum Gasteiger partial charge on any atom is 0.320 e. The molecule has 4 amide bonds. The second-order valence-corrected chi connectivity index (χ2v) is 12.3. The molecule has 3 aliphatic rings. The van der Waals surface area contributed by atoms with Crippen LogP contribution in [0.1, 0.15) is 53.5 Å². The standard InChI is InChI=1S/C32H44N6O4/c1-32(2,3)26-8-5-24(6-9-26)29(39)34-27-23-25(30(40)36-15-11-33-12-16-36)7-10-28(27)35-13-4-14-37(18-17-35)31(41)38-19-21-42-22-20-38/h5-10,23,33H,4,11-22H2,1-3H3,(H,34,39). The zero-order valence-corrected chi connectivity index (χ0v) is 25.2. The number of benzene rings is 2. The highest BCUT2D eigenvalue weighted by molar-refractivity contribution is 6.07. The number of urea groups is 1. The van der Waals surface area contributed by atoms with E-state index in [0.717, 1.165) is 37.3 Å². The number of morpholine rings is 1. The highest BCUT2D eigenvalue weighted by Gasteiger charge is 2.27. The second kappa shape index (κ2) is 13.1. The van der Waals surface area contributed by atoms with Crippen LogP contribution in [0.5, 0.6) is 0 Å². The van der Waals surface area contributed by atoms with Gasteiger partial charge in [-0.2, -0.15) is 0 Å². The Morgan fingerprint density at radius 2 is 1.43 bits per heavy atom. The molecule has 0 unspecified atom stereocenters. The second-order valence-electron chi connectivity index (χ2n) is 12.3. The normalized spacial score (nSPS) is 18.5. The Kier molecular flexibility index (Phi) is 9.33. The number of nitrogens with zero attached hydrogens (tertiary/aromatic N) is 4. The van der Waals surface area contributed by atoms with E-state index in [1.807, 2.05) is 57.2 Å². The Labute approximate surface area is 249 Å².